The highest BCUT2D eigenvalue weighted by Crippen LogP contribution is 2.23. The molecule has 3 rings (SSSR count). The molecule has 0 unspecified atom stereocenters. The first-order valence-corrected chi connectivity index (χ1v) is 8.12. The summed E-state index contributed by atoms with van der Waals surface area (Å²) in [5.41, 5.74) is 1.71. The quantitative estimate of drug-likeness (QED) is 0.684. The van der Waals surface area contributed by atoms with Crippen molar-refractivity contribution in [3.8, 4) is 17.2 Å². The van der Waals surface area contributed by atoms with E-state index in [1.165, 1.54) is 12.1 Å². The Labute approximate surface area is 151 Å². The molecule has 5 heteroatoms. The highest BCUT2D eigenvalue weighted by molar-refractivity contribution is 5.91. The van der Waals surface area contributed by atoms with Gasteiger partial charge < -0.3 is 14.8 Å². The van der Waals surface area contributed by atoms with E-state index in [1.807, 2.05) is 31.2 Å². The monoisotopic (exact) mass is 351 g/mol. The zero-order valence-electron chi connectivity index (χ0n) is 14.2. The number of carbonyl (C=O) groups is 1. The molecule has 0 aromatic heterocycles. The van der Waals surface area contributed by atoms with Gasteiger partial charge in [0.25, 0.3) is 5.91 Å². The maximum absolute atomic E-state index is 13.4. The van der Waals surface area contributed by atoms with Gasteiger partial charge in [0.1, 0.15) is 11.5 Å². The maximum atomic E-state index is 13.4. The standard InChI is InChI=1S/C21H18FNO3/c1-15-5-4-6-18(13-15)26-17-11-9-16(10-12-17)23-21(24)14-25-20-8-3-2-7-19(20)22/h2-13H,14H2,1H3,(H,23,24). The molecule has 0 spiro atoms. The van der Waals surface area contributed by atoms with Gasteiger partial charge in [-0.05, 0) is 61.0 Å². The normalized spacial score (nSPS) is 10.2. The smallest absolute Gasteiger partial charge is 0.262 e. The van der Waals surface area contributed by atoms with Crippen LogP contribution in [0.3, 0.4) is 0 Å². The van der Waals surface area contributed by atoms with Crippen molar-refractivity contribution < 1.29 is 18.7 Å². The lowest BCUT2D eigenvalue weighted by atomic mass is 10.2. The van der Waals surface area contributed by atoms with Crippen LogP contribution in [0.2, 0.25) is 0 Å². The first kappa shape index (κ1) is 17.5. The van der Waals surface area contributed by atoms with Crippen molar-refractivity contribution in [3.63, 3.8) is 0 Å². The average Bonchev–Trinajstić information content (AvgIpc) is 2.63. The summed E-state index contributed by atoms with van der Waals surface area (Å²) in [5.74, 6) is 0.583. The van der Waals surface area contributed by atoms with E-state index < -0.39 is 5.82 Å². The van der Waals surface area contributed by atoms with E-state index >= 15 is 0 Å². The van der Waals surface area contributed by atoms with Crippen molar-refractivity contribution >= 4 is 11.6 Å². The van der Waals surface area contributed by atoms with E-state index in [4.69, 9.17) is 9.47 Å². The minimum absolute atomic E-state index is 0.0459. The van der Waals surface area contributed by atoms with Crippen molar-refractivity contribution in [2.75, 3.05) is 11.9 Å². The average molecular weight is 351 g/mol. The number of hydrogen-bond acceptors (Lipinski definition) is 3. The second kappa shape index (κ2) is 8.16. The number of amides is 1. The molecule has 0 radical (unpaired) electrons. The summed E-state index contributed by atoms with van der Waals surface area (Å²) in [6, 6.07) is 20.7. The first-order valence-electron chi connectivity index (χ1n) is 8.12. The van der Waals surface area contributed by atoms with Crippen LogP contribution in [0.5, 0.6) is 17.2 Å². The van der Waals surface area contributed by atoms with E-state index in [-0.39, 0.29) is 18.3 Å². The van der Waals surface area contributed by atoms with Crippen LogP contribution in [0, 0.1) is 12.7 Å². The lowest BCUT2D eigenvalue weighted by Crippen LogP contribution is -2.20. The van der Waals surface area contributed by atoms with Crippen LogP contribution >= 0.6 is 0 Å². The number of carbonyl (C=O) groups excluding carboxylic acids is 1. The Morgan fingerprint density at radius 3 is 2.46 bits per heavy atom. The van der Waals surface area contributed by atoms with Crippen LogP contribution in [-0.4, -0.2) is 12.5 Å². The van der Waals surface area contributed by atoms with Gasteiger partial charge >= 0.3 is 0 Å². The predicted octanol–water partition coefficient (Wildman–Crippen LogP) is 4.94. The van der Waals surface area contributed by atoms with Gasteiger partial charge in [0.05, 0.1) is 0 Å². The highest BCUT2D eigenvalue weighted by Gasteiger charge is 2.07. The fourth-order valence-electron chi connectivity index (χ4n) is 2.32. The molecule has 1 amide bonds. The van der Waals surface area contributed by atoms with Crippen molar-refractivity contribution in [2.45, 2.75) is 6.92 Å². The molecule has 4 nitrogen and oxygen atoms in total. The Balaban J connectivity index is 1.53. The molecule has 0 aliphatic heterocycles. The predicted molar refractivity (Wildman–Crippen MR) is 98.2 cm³/mol. The summed E-state index contributed by atoms with van der Waals surface area (Å²) in [7, 11) is 0. The molecule has 0 atom stereocenters. The molecule has 0 bridgehead atoms. The topological polar surface area (TPSA) is 47.6 Å². The molecule has 0 aliphatic carbocycles. The maximum Gasteiger partial charge on any atom is 0.262 e. The Bertz CT molecular complexity index is 894. The number of nitrogens with one attached hydrogen (secondary N) is 1. The van der Waals surface area contributed by atoms with Gasteiger partial charge in [-0.1, -0.05) is 24.3 Å². The molecule has 0 fully saturated rings. The minimum Gasteiger partial charge on any atom is -0.481 e. The van der Waals surface area contributed by atoms with Crippen molar-refractivity contribution in [3.05, 3.63) is 84.2 Å². The summed E-state index contributed by atoms with van der Waals surface area (Å²) in [6.07, 6.45) is 0. The fraction of sp³-hybridized carbons (Fsp3) is 0.0952. The van der Waals surface area contributed by atoms with Crippen molar-refractivity contribution in [1.82, 2.24) is 0 Å². The molecule has 0 heterocycles. The zero-order valence-corrected chi connectivity index (χ0v) is 14.2. The molecule has 0 saturated heterocycles. The lowest BCUT2D eigenvalue weighted by Gasteiger charge is -2.09. The van der Waals surface area contributed by atoms with E-state index in [0.29, 0.717) is 11.4 Å². The molecule has 132 valence electrons. The van der Waals surface area contributed by atoms with Crippen LogP contribution in [0.4, 0.5) is 10.1 Å². The van der Waals surface area contributed by atoms with Crippen molar-refractivity contribution in [1.29, 1.82) is 0 Å². The summed E-state index contributed by atoms with van der Waals surface area (Å²) in [4.78, 5) is 11.9. The number of halogens is 1. The lowest BCUT2D eigenvalue weighted by molar-refractivity contribution is -0.118. The molecular formula is C21H18FNO3. The fourth-order valence-corrected chi connectivity index (χ4v) is 2.32. The number of aryl methyl sites for hydroxylation is 1. The van der Waals surface area contributed by atoms with Gasteiger partial charge in [-0.3, -0.25) is 4.79 Å². The van der Waals surface area contributed by atoms with Gasteiger partial charge in [0, 0.05) is 5.69 Å². The van der Waals surface area contributed by atoms with Gasteiger partial charge in [-0.15, -0.1) is 0 Å². The molecule has 1 N–H and O–H groups in total. The zero-order chi connectivity index (χ0) is 18.4. The Morgan fingerprint density at radius 1 is 0.962 bits per heavy atom. The van der Waals surface area contributed by atoms with Crippen LogP contribution in [0.15, 0.2) is 72.8 Å². The van der Waals surface area contributed by atoms with Gasteiger partial charge in [-0.25, -0.2) is 4.39 Å². The number of anilines is 1. The minimum atomic E-state index is -0.502. The van der Waals surface area contributed by atoms with Gasteiger partial charge in [0.15, 0.2) is 18.2 Å². The molecule has 0 aliphatic rings. The molecule has 0 saturated carbocycles. The number of benzene rings is 3. The van der Waals surface area contributed by atoms with Crippen LogP contribution in [-0.2, 0) is 4.79 Å². The number of rotatable bonds is 6. The van der Waals surface area contributed by atoms with E-state index in [0.717, 1.165) is 11.3 Å². The summed E-state index contributed by atoms with van der Waals surface area (Å²) in [6.45, 7) is 1.72. The Morgan fingerprint density at radius 2 is 1.73 bits per heavy atom. The molecule has 3 aromatic carbocycles. The summed E-state index contributed by atoms with van der Waals surface area (Å²) >= 11 is 0. The number of hydrogen-bond donors (Lipinski definition) is 1. The Kier molecular flexibility index (Phi) is 5.49. The van der Waals surface area contributed by atoms with E-state index in [2.05, 4.69) is 5.32 Å². The largest absolute Gasteiger partial charge is 0.481 e. The third-order valence-electron chi connectivity index (χ3n) is 3.56. The molecule has 3 aromatic rings. The SMILES string of the molecule is Cc1cccc(Oc2ccc(NC(=O)COc3ccccc3F)cc2)c1. The number of para-hydroxylation sites is 1. The summed E-state index contributed by atoms with van der Waals surface area (Å²) in [5, 5.41) is 2.69. The van der Waals surface area contributed by atoms with Crippen LogP contribution in [0.25, 0.3) is 0 Å². The second-order valence-corrected chi connectivity index (χ2v) is 5.71. The molecule has 26 heavy (non-hydrogen) atoms. The van der Waals surface area contributed by atoms with Crippen LogP contribution < -0.4 is 14.8 Å². The summed E-state index contributed by atoms with van der Waals surface area (Å²) < 4.78 is 24.4. The molecular weight excluding hydrogens is 333 g/mol. The van der Waals surface area contributed by atoms with E-state index in [1.54, 1.807) is 36.4 Å². The highest BCUT2D eigenvalue weighted by atomic mass is 19.1. The van der Waals surface area contributed by atoms with Gasteiger partial charge in [0.2, 0.25) is 0 Å². The second-order valence-electron chi connectivity index (χ2n) is 5.71. The van der Waals surface area contributed by atoms with E-state index in [9.17, 15) is 9.18 Å². The first-order chi connectivity index (χ1) is 12.6. The number of ether oxygens (including phenoxy) is 2. The third kappa shape index (κ3) is 4.83. The van der Waals surface area contributed by atoms with Crippen LogP contribution in [0.1, 0.15) is 5.56 Å². The third-order valence-corrected chi connectivity index (χ3v) is 3.56. The van der Waals surface area contributed by atoms with Gasteiger partial charge in [-0.2, -0.15) is 0 Å². The van der Waals surface area contributed by atoms with Crippen molar-refractivity contribution in [2.24, 2.45) is 0 Å². The Hall–Kier alpha value is -3.34.